The molecule has 5 rings (SSSR count). The van der Waals surface area contributed by atoms with E-state index in [1.165, 1.54) is 17.6 Å². The lowest BCUT2D eigenvalue weighted by Gasteiger charge is -2.11. The van der Waals surface area contributed by atoms with Crippen LogP contribution in [0.15, 0.2) is 88.2 Å². The molecule has 0 aliphatic heterocycles. The zero-order valence-electron chi connectivity index (χ0n) is 19.7. The van der Waals surface area contributed by atoms with E-state index in [1.54, 1.807) is 28.4 Å². The number of nitrogens with two attached hydrogens (primary N) is 1. The number of anilines is 1. The van der Waals surface area contributed by atoms with Crippen molar-refractivity contribution in [1.82, 2.24) is 14.5 Å². The Kier molecular flexibility index (Phi) is 6.21. The zero-order chi connectivity index (χ0) is 25.9. The topological polar surface area (TPSA) is 126 Å². The van der Waals surface area contributed by atoms with Crippen molar-refractivity contribution in [1.29, 1.82) is 10.5 Å². The fourth-order valence-corrected chi connectivity index (χ4v) is 4.71. The molecule has 0 amide bonds. The summed E-state index contributed by atoms with van der Waals surface area (Å²) >= 11 is 1.31. The number of thiophene rings is 1. The first-order valence-electron chi connectivity index (χ1n) is 11.2. The molecule has 0 radical (unpaired) electrons. The smallest absolute Gasteiger partial charge is 0.291 e. The third kappa shape index (κ3) is 4.31. The number of nitriles is 2. The van der Waals surface area contributed by atoms with Gasteiger partial charge in [-0.3, -0.25) is 4.79 Å². The van der Waals surface area contributed by atoms with Crippen LogP contribution in [0, 0.1) is 29.6 Å². The van der Waals surface area contributed by atoms with Crippen LogP contribution in [0.1, 0.15) is 22.3 Å². The molecule has 3 heterocycles. The van der Waals surface area contributed by atoms with Crippen LogP contribution in [0.4, 0.5) is 5.82 Å². The van der Waals surface area contributed by atoms with Crippen LogP contribution in [0.25, 0.3) is 27.4 Å². The van der Waals surface area contributed by atoms with Gasteiger partial charge in [-0.2, -0.15) is 25.4 Å². The van der Waals surface area contributed by atoms with Crippen LogP contribution in [0.2, 0.25) is 0 Å². The van der Waals surface area contributed by atoms with Gasteiger partial charge in [-0.1, -0.05) is 54.1 Å². The van der Waals surface area contributed by atoms with Crippen molar-refractivity contribution < 1.29 is 0 Å². The van der Waals surface area contributed by atoms with Gasteiger partial charge >= 0.3 is 0 Å². The Morgan fingerprint density at radius 2 is 1.73 bits per heavy atom. The molecule has 2 aromatic carbocycles. The third-order valence-electron chi connectivity index (χ3n) is 5.78. The van der Waals surface area contributed by atoms with E-state index in [-0.39, 0.29) is 22.5 Å². The maximum Gasteiger partial charge on any atom is 0.291 e. The molecule has 178 valence electrons. The molecule has 0 bridgehead atoms. The summed E-state index contributed by atoms with van der Waals surface area (Å²) < 4.78 is 2.62. The Morgan fingerprint density at radius 3 is 2.38 bits per heavy atom. The molecule has 8 nitrogen and oxygen atoms in total. The lowest BCUT2D eigenvalue weighted by Crippen LogP contribution is -2.25. The molecule has 0 saturated heterocycles. The minimum Gasteiger partial charge on any atom is -0.382 e. The zero-order valence-corrected chi connectivity index (χ0v) is 20.5. The standard InChI is InChI=1S/C28H19N7OS/c1-18-9-11-19(12-10-18)26-20(17-34(33-26)21-6-3-2-4-7-21)16-32-35-27(31)22(14-29)25(23(15-30)28(35)36)24-8-5-13-37-24/h2-13,16-17H,31H2,1H3. The number of hydrogen-bond acceptors (Lipinski definition) is 7. The Balaban J connectivity index is 1.68. The summed E-state index contributed by atoms with van der Waals surface area (Å²) in [6.07, 6.45) is 3.26. The molecular formula is C28H19N7OS. The van der Waals surface area contributed by atoms with Gasteiger partial charge in [0.2, 0.25) is 0 Å². The fraction of sp³-hybridized carbons (Fsp3) is 0.0357. The van der Waals surface area contributed by atoms with Gasteiger partial charge in [-0.05, 0) is 30.5 Å². The summed E-state index contributed by atoms with van der Waals surface area (Å²) in [6, 6.07) is 25.0. The average Bonchev–Trinajstić information content (AvgIpc) is 3.60. The maximum absolute atomic E-state index is 13.3. The number of rotatable bonds is 5. The third-order valence-corrected chi connectivity index (χ3v) is 6.67. The van der Waals surface area contributed by atoms with Crippen molar-refractivity contribution >= 4 is 23.4 Å². The van der Waals surface area contributed by atoms with Crippen molar-refractivity contribution in [2.75, 3.05) is 5.73 Å². The molecule has 5 aromatic rings. The van der Waals surface area contributed by atoms with Crippen LogP contribution < -0.4 is 11.3 Å². The summed E-state index contributed by atoms with van der Waals surface area (Å²) in [5, 5.41) is 30.5. The van der Waals surface area contributed by atoms with E-state index in [4.69, 9.17) is 10.8 Å². The lowest BCUT2D eigenvalue weighted by atomic mass is 10.0. The van der Waals surface area contributed by atoms with E-state index in [9.17, 15) is 15.3 Å². The van der Waals surface area contributed by atoms with Gasteiger partial charge in [0.05, 0.1) is 11.9 Å². The second-order valence-corrected chi connectivity index (χ2v) is 9.10. The lowest BCUT2D eigenvalue weighted by molar-refractivity contribution is 0.841. The summed E-state index contributed by atoms with van der Waals surface area (Å²) in [4.78, 5) is 13.9. The number of hydrogen-bond donors (Lipinski definition) is 1. The van der Waals surface area contributed by atoms with Gasteiger partial charge in [0.1, 0.15) is 34.8 Å². The van der Waals surface area contributed by atoms with Crippen molar-refractivity contribution in [3.8, 4) is 39.5 Å². The predicted octanol–water partition coefficient (Wildman–Crippen LogP) is 4.95. The monoisotopic (exact) mass is 501 g/mol. The highest BCUT2D eigenvalue weighted by Crippen LogP contribution is 2.32. The predicted molar refractivity (Wildman–Crippen MR) is 145 cm³/mol. The van der Waals surface area contributed by atoms with Gasteiger partial charge in [0.15, 0.2) is 0 Å². The van der Waals surface area contributed by atoms with Crippen LogP contribution >= 0.6 is 11.3 Å². The Morgan fingerprint density at radius 1 is 1.00 bits per heavy atom. The molecule has 0 unspecified atom stereocenters. The molecular weight excluding hydrogens is 482 g/mol. The van der Waals surface area contributed by atoms with Gasteiger partial charge in [-0.25, -0.2) is 4.68 Å². The van der Waals surface area contributed by atoms with Gasteiger partial charge in [0, 0.05) is 27.8 Å². The van der Waals surface area contributed by atoms with Crippen LogP contribution in [-0.2, 0) is 0 Å². The largest absolute Gasteiger partial charge is 0.382 e. The number of nitrogen functional groups attached to an aromatic ring is 1. The summed E-state index contributed by atoms with van der Waals surface area (Å²) in [6.45, 7) is 2.00. The highest BCUT2D eigenvalue weighted by molar-refractivity contribution is 7.13. The SMILES string of the molecule is Cc1ccc(-c2nn(-c3ccccc3)cc2C=Nn2c(N)c(C#N)c(-c3cccs3)c(C#N)c2=O)cc1. The van der Waals surface area contributed by atoms with Crippen molar-refractivity contribution in [3.63, 3.8) is 0 Å². The summed E-state index contributed by atoms with van der Waals surface area (Å²) in [5.74, 6) is -0.140. The normalized spacial score (nSPS) is 10.9. The molecule has 0 aliphatic rings. The number of aryl methyl sites for hydroxylation is 1. The number of pyridine rings is 1. The molecule has 0 atom stereocenters. The van der Waals surface area contributed by atoms with Gasteiger partial charge in [0.25, 0.3) is 5.56 Å². The Labute approximate surface area is 216 Å². The Hall–Kier alpha value is -5.25. The van der Waals surface area contributed by atoms with Crippen LogP contribution in [0.5, 0.6) is 0 Å². The highest BCUT2D eigenvalue weighted by Gasteiger charge is 2.22. The molecule has 3 aromatic heterocycles. The average molecular weight is 502 g/mol. The van der Waals surface area contributed by atoms with Gasteiger partial charge in [-0.15, -0.1) is 11.3 Å². The van der Waals surface area contributed by atoms with E-state index < -0.39 is 5.56 Å². The fourth-order valence-electron chi connectivity index (χ4n) is 3.93. The van der Waals surface area contributed by atoms with E-state index in [0.29, 0.717) is 16.1 Å². The van der Waals surface area contributed by atoms with Crippen molar-refractivity contribution in [2.24, 2.45) is 5.10 Å². The van der Waals surface area contributed by atoms with Gasteiger partial charge < -0.3 is 5.73 Å². The second kappa shape index (κ2) is 9.78. The highest BCUT2D eigenvalue weighted by atomic mass is 32.1. The van der Waals surface area contributed by atoms with E-state index in [2.05, 4.69) is 5.10 Å². The molecule has 0 aliphatic carbocycles. The first-order chi connectivity index (χ1) is 18.0. The first-order valence-corrected chi connectivity index (χ1v) is 12.1. The van der Waals surface area contributed by atoms with E-state index in [1.807, 2.05) is 73.7 Å². The quantitative estimate of drug-likeness (QED) is 0.341. The summed E-state index contributed by atoms with van der Waals surface area (Å²) in [7, 11) is 0. The molecule has 0 saturated carbocycles. The molecule has 0 spiro atoms. The minimum atomic E-state index is -0.703. The molecule has 0 fully saturated rings. The molecule has 9 heteroatoms. The molecule has 37 heavy (non-hydrogen) atoms. The number of aromatic nitrogens is 3. The van der Waals surface area contributed by atoms with E-state index in [0.717, 1.165) is 21.5 Å². The van der Waals surface area contributed by atoms with Crippen LogP contribution in [0.3, 0.4) is 0 Å². The van der Waals surface area contributed by atoms with Crippen molar-refractivity contribution in [3.05, 3.63) is 111 Å². The maximum atomic E-state index is 13.3. The minimum absolute atomic E-state index is 0.0227. The summed E-state index contributed by atoms with van der Waals surface area (Å²) in [5.41, 5.74) is 9.71. The van der Waals surface area contributed by atoms with E-state index >= 15 is 0 Å². The van der Waals surface area contributed by atoms with Crippen LogP contribution in [-0.4, -0.2) is 20.7 Å². The number of nitrogens with zero attached hydrogens (tertiary/aromatic N) is 6. The first kappa shape index (κ1) is 23.5. The molecule has 2 N–H and O–H groups in total. The second-order valence-electron chi connectivity index (χ2n) is 8.15. The number of para-hydroxylation sites is 1. The Bertz CT molecular complexity index is 1770. The van der Waals surface area contributed by atoms with Crippen molar-refractivity contribution in [2.45, 2.75) is 6.92 Å². The number of benzene rings is 2.